The highest BCUT2D eigenvalue weighted by Gasteiger charge is 2.09. The molecule has 4 nitrogen and oxygen atoms in total. The summed E-state index contributed by atoms with van der Waals surface area (Å²) in [5, 5.41) is 6.30. The quantitative estimate of drug-likeness (QED) is 0.860. The second kappa shape index (κ2) is 7.59. The van der Waals surface area contributed by atoms with Crippen molar-refractivity contribution >= 4 is 11.6 Å². The maximum Gasteiger partial charge on any atom is 0.253 e. The number of carbonyl (C=O) groups is 1. The molecule has 2 aromatic rings. The predicted molar refractivity (Wildman–Crippen MR) is 90.1 cm³/mol. The van der Waals surface area contributed by atoms with Crippen molar-refractivity contribution in [3.63, 3.8) is 0 Å². The van der Waals surface area contributed by atoms with Crippen LogP contribution in [0.3, 0.4) is 0 Å². The van der Waals surface area contributed by atoms with Gasteiger partial charge in [0, 0.05) is 36.1 Å². The van der Waals surface area contributed by atoms with E-state index in [4.69, 9.17) is 0 Å². The first kappa shape index (κ1) is 16.0. The minimum atomic E-state index is -0.0792. The molecule has 1 heterocycles. The number of nitrogens with one attached hydrogen (secondary N) is 2. The first-order valence-electron chi connectivity index (χ1n) is 7.62. The van der Waals surface area contributed by atoms with Gasteiger partial charge in [0.25, 0.3) is 5.91 Å². The van der Waals surface area contributed by atoms with Crippen molar-refractivity contribution in [1.82, 2.24) is 10.3 Å². The number of carbonyl (C=O) groups excluding carboxylic acids is 1. The molecule has 2 N–H and O–H groups in total. The van der Waals surface area contributed by atoms with Gasteiger partial charge < -0.3 is 10.6 Å². The van der Waals surface area contributed by atoms with E-state index in [0.717, 1.165) is 17.8 Å². The van der Waals surface area contributed by atoms with Gasteiger partial charge in [-0.2, -0.15) is 0 Å². The third kappa shape index (κ3) is 4.88. The summed E-state index contributed by atoms with van der Waals surface area (Å²) >= 11 is 0. The van der Waals surface area contributed by atoms with E-state index in [0.29, 0.717) is 5.56 Å². The zero-order valence-corrected chi connectivity index (χ0v) is 13.3. The van der Waals surface area contributed by atoms with Crippen molar-refractivity contribution in [2.75, 3.05) is 5.32 Å². The summed E-state index contributed by atoms with van der Waals surface area (Å²) < 4.78 is 0. The number of amides is 1. The van der Waals surface area contributed by atoms with Gasteiger partial charge in [-0.1, -0.05) is 18.2 Å². The molecule has 22 heavy (non-hydrogen) atoms. The molecule has 0 radical (unpaired) electrons. The number of anilines is 1. The van der Waals surface area contributed by atoms with Crippen LogP contribution < -0.4 is 10.6 Å². The molecule has 0 fully saturated rings. The molecule has 2 rings (SSSR count). The van der Waals surface area contributed by atoms with Gasteiger partial charge in [0.05, 0.1) is 5.56 Å². The van der Waals surface area contributed by atoms with Gasteiger partial charge in [0.15, 0.2) is 0 Å². The maximum atomic E-state index is 11.9. The Labute approximate surface area is 132 Å². The van der Waals surface area contributed by atoms with Gasteiger partial charge in [-0.15, -0.1) is 0 Å². The number of para-hydroxylation sites is 1. The summed E-state index contributed by atoms with van der Waals surface area (Å²) in [6, 6.07) is 14.2. The summed E-state index contributed by atoms with van der Waals surface area (Å²) in [5.74, 6) is -0.0792. The summed E-state index contributed by atoms with van der Waals surface area (Å²) in [6.45, 7) is 6.00. The molecule has 1 aromatic heterocycles. The van der Waals surface area contributed by atoms with Crippen LogP contribution in [0.5, 0.6) is 0 Å². The van der Waals surface area contributed by atoms with Gasteiger partial charge >= 0.3 is 0 Å². The van der Waals surface area contributed by atoms with Gasteiger partial charge in [0.1, 0.15) is 0 Å². The van der Waals surface area contributed by atoms with Crippen LogP contribution in [-0.2, 0) is 6.42 Å². The van der Waals surface area contributed by atoms with Crippen LogP contribution in [0.4, 0.5) is 5.69 Å². The van der Waals surface area contributed by atoms with Crippen LogP contribution in [0.15, 0.2) is 48.7 Å². The predicted octanol–water partition coefficient (Wildman–Crippen LogP) is 3.26. The third-order valence-electron chi connectivity index (χ3n) is 3.21. The minimum absolute atomic E-state index is 0.0792. The van der Waals surface area contributed by atoms with Crippen LogP contribution in [-0.4, -0.2) is 23.0 Å². The van der Waals surface area contributed by atoms with Gasteiger partial charge in [-0.05, 0) is 45.0 Å². The lowest BCUT2D eigenvalue weighted by Crippen LogP contribution is -2.30. The van der Waals surface area contributed by atoms with Gasteiger partial charge in [-0.3, -0.25) is 9.78 Å². The second-order valence-electron chi connectivity index (χ2n) is 5.78. The van der Waals surface area contributed by atoms with Crippen LogP contribution in [0.2, 0.25) is 0 Å². The largest absolute Gasteiger partial charge is 0.382 e. The number of pyridine rings is 1. The second-order valence-corrected chi connectivity index (χ2v) is 5.78. The molecule has 1 atom stereocenters. The molecule has 1 amide bonds. The number of hydrogen-bond acceptors (Lipinski definition) is 3. The average molecular weight is 297 g/mol. The minimum Gasteiger partial charge on any atom is -0.382 e. The fourth-order valence-corrected chi connectivity index (χ4v) is 2.21. The van der Waals surface area contributed by atoms with E-state index < -0.39 is 0 Å². The maximum absolute atomic E-state index is 11.9. The standard InChI is InChI=1S/C18H23N3O/c1-13(2)20-18(22)15-9-10-17(19-12-15)11-14(3)21-16-7-5-4-6-8-16/h4-10,12-14,21H,11H2,1-3H3,(H,20,22). The van der Waals surface area contributed by atoms with E-state index >= 15 is 0 Å². The van der Waals surface area contributed by atoms with Crippen LogP contribution in [0, 0.1) is 0 Å². The number of benzene rings is 1. The van der Waals surface area contributed by atoms with E-state index in [1.165, 1.54) is 0 Å². The zero-order chi connectivity index (χ0) is 15.9. The summed E-state index contributed by atoms with van der Waals surface area (Å²) in [5.41, 5.74) is 2.67. The highest BCUT2D eigenvalue weighted by atomic mass is 16.1. The normalized spacial score (nSPS) is 12.0. The zero-order valence-electron chi connectivity index (χ0n) is 13.3. The lowest BCUT2D eigenvalue weighted by Gasteiger charge is -2.15. The molecular weight excluding hydrogens is 274 g/mol. The average Bonchev–Trinajstić information content (AvgIpc) is 2.48. The highest BCUT2D eigenvalue weighted by Crippen LogP contribution is 2.10. The lowest BCUT2D eigenvalue weighted by molar-refractivity contribution is 0.0942. The Morgan fingerprint density at radius 2 is 1.82 bits per heavy atom. The van der Waals surface area contributed by atoms with Crippen LogP contribution in [0.1, 0.15) is 36.8 Å². The highest BCUT2D eigenvalue weighted by molar-refractivity contribution is 5.94. The smallest absolute Gasteiger partial charge is 0.253 e. The van der Waals surface area contributed by atoms with E-state index in [1.807, 2.05) is 56.3 Å². The monoisotopic (exact) mass is 297 g/mol. The van der Waals surface area contributed by atoms with Crippen molar-refractivity contribution in [2.45, 2.75) is 39.3 Å². The molecule has 0 saturated heterocycles. The summed E-state index contributed by atoms with van der Waals surface area (Å²) in [6.07, 6.45) is 2.45. The van der Waals surface area contributed by atoms with Gasteiger partial charge in [0.2, 0.25) is 0 Å². The molecule has 0 aliphatic carbocycles. The van der Waals surface area contributed by atoms with Gasteiger partial charge in [-0.25, -0.2) is 0 Å². The van der Waals surface area contributed by atoms with E-state index in [9.17, 15) is 4.79 Å². The molecule has 1 unspecified atom stereocenters. The SMILES string of the molecule is CC(C)NC(=O)c1ccc(CC(C)Nc2ccccc2)nc1. The molecule has 0 saturated carbocycles. The summed E-state index contributed by atoms with van der Waals surface area (Å²) in [7, 11) is 0. The molecule has 1 aromatic carbocycles. The molecule has 116 valence electrons. The van der Waals surface area contributed by atoms with Crippen molar-refractivity contribution in [3.05, 3.63) is 59.9 Å². The van der Waals surface area contributed by atoms with E-state index in [-0.39, 0.29) is 18.0 Å². The molecular formula is C18H23N3O. The first-order chi connectivity index (χ1) is 10.5. The fraction of sp³-hybridized carbons (Fsp3) is 0.333. The van der Waals surface area contributed by atoms with Crippen LogP contribution in [0.25, 0.3) is 0 Å². The molecule has 0 bridgehead atoms. The fourth-order valence-electron chi connectivity index (χ4n) is 2.21. The van der Waals surface area contributed by atoms with E-state index in [1.54, 1.807) is 6.20 Å². The molecule has 4 heteroatoms. The van der Waals surface area contributed by atoms with Crippen molar-refractivity contribution < 1.29 is 4.79 Å². The number of nitrogens with zero attached hydrogens (tertiary/aromatic N) is 1. The summed E-state index contributed by atoms with van der Waals surface area (Å²) in [4.78, 5) is 16.3. The Hall–Kier alpha value is -2.36. The molecule has 0 spiro atoms. The van der Waals surface area contributed by atoms with Crippen molar-refractivity contribution in [2.24, 2.45) is 0 Å². The first-order valence-corrected chi connectivity index (χ1v) is 7.62. The number of hydrogen-bond donors (Lipinski definition) is 2. The molecule has 0 aliphatic rings. The Bertz CT molecular complexity index is 593. The number of rotatable bonds is 6. The Morgan fingerprint density at radius 1 is 1.09 bits per heavy atom. The Morgan fingerprint density at radius 3 is 2.41 bits per heavy atom. The third-order valence-corrected chi connectivity index (χ3v) is 3.21. The Kier molecular flexibility index (Phi) is 5.53. The molecule has 0 aliphatic heterocycles. The Balaban J connectivity index is 1.92. The van der Waals surface area contributed by atoms with Crippen LogP contribution >= 0.6 is 0 Å². The number of aromatic nitrogens is 1. The van der Waals surface area contributed by atoms with E-state index in [2.05, 4.69) is 22.5 Å². The van der Waals surface area contributed by atoms with Crippen molar-refractivity contribution in [1.29, 1.82) is 0 Å². The lowest BCUT2D eigenvalue weighted by atomic mass is 10.1. The van der Waals surface area contributed by atoms with Crippen molar-refractivity contribution in [3.8, 4) is 0 Å². The topological polar surface area (TPSA) is 54.0 Å².